The summed E-state index contributed by atoms with van der Waals surface area (Å²) in [6.07, 6.45) is 5.05. The van der Waals surface area contributed by atoms with E-state index in [4.69, 9.17) is 12.2 Å². The molecular weight excluding hydrogens is 208 g/mol. The number of nitrogens with one attached hydrogen (secondary N) is 1. The van der Waals surface area contributed by atoms with Gasteiger partial charge in [0, 0.05) is 6.54 Å². The molecule has 86 valence electrons. The third-order valence-corrected chi connectivity index (χ3v) is 2.88. The molecule has 0 atom stereocenters. The van der Waals surface area contributed by atoms with Crippen molar-refractivity contribution in [1.82, 2.24) is 20.2 Å². The highest BCUT2D eigenvalue weighted by atomic mass is 32.1. The summed E-state index contributed by atoms with van der Waals surface area (Å²) in [5.41, 5.74) is 0.252. The van der Waals surface area contributed by atoms with Crippen LogP contribution < -0.4 is 0 Å². The smallest absolute Gasteiger partial charge is 0.238 e. The third-order valence-electron chi connectivity index (χ3n) is 2.58. The first-order valence-electron chi connectivity index (χ1n) is 5.53. The van der Waals surface area contributed by atoms with Crippen LogP contribution in [0.25, 0.3) is 0 Å². The average Bonchev–Trinajstić information content (AvgIpc) is 2.51. The molecular formula is C10H20N4S. The van der Waals surface area contributed by atoms with Crippen molar-refractivity contribution in [3.8, 4) is 0 Å². The van der Waals surface area contributed by atoms with Gasteiger partial charge in [-0.1, -0.05) is 50.3 Å². The maximum atomic E-state index is 5.05. The molecule has 4 nitrogen and oxygen atoms in total. The van der Waals surface area contributed by atoms with Crippen LogP contribution in [0.3, 0.4) is 0 Å². The molecule has 0 aliphatic heterocycles. The first kappa shape index (κ1) is 12.4. The van der Waals surface area contributed by atoms with Gasteiger partial charge in [-0.3, -0.25) is 0 Å². The number of rotatable bonds is 6. The number of tetrazole rings is 1. The van der Waals surface area contributed by atoms with E-state index >= 15 is 0 Å². The van der Waals surface area contributed by atoms with Crippen LogP contribution in [0.2, 0.25) is 0 Å². The van der Waals surface area contributed by atoms with E-state index in [1.807, 2.05) is 4.68 Å². The molecule has 1 rings (SSSR count). The van der Waals surface area contributed by atoms with Crippen LogP contribution in [-0.4, -0.2) is 20.2 Å². The summed E-state index contributed by atoms with van der Waals surface area (Å²) in [7, 11) is 0. The minimum absolute atomic E-state index is 0.252. The zero-order valence-corrected chi connectivity index (χ0v) is 10.6. The Hall–Kier alpha value is -0.710. The summed E-state index contributed by atoms with van der Waals surface area (Å²) < 4.78 is 2.37. The average molecular weight is 228 g/mol. The molecule has 0 saturated carbocycles. The van der Waals surface area contributed by atoms with Crippen molar-refractivity contribution in [2.45, 2.75) is 53.0 Å². The SMILES string of the molecule is CCCCCC(C)(C)Cn1[nH]nnc1=S. The molecule has 1 N–H and O–H groups in total. The molecule has 0 spiro atoms. The van der Waals surface area contributed by atoms with Crippen LogP contribution in [0.1, 0.15) is 46.5 Å². The van der Waals surface area contributed by atoms with Crippen molar-refractivity contribution >= 4 is 12.2 Å². The number of nitrogens with zero attached hydrogens (tertiary/aromatic N) is 3. The normalized spacial score (nSPS) is 11.9. The number of aromatic nitrogens is 4. The fraction of sp³-hybridized carbons (Fsp3) is 0.900. The van der Waals surface area contributed by atoms with Gasteiger partial charge in [-0.2, -0.15) is 5.21 Å². The number of aromatic amines is 1. The highest BCUT2D eigenvalue weighted by Gasteiger charge is 2.18. The lowest BCUT2D eigenvalue weighted by Crippen LogP contribution is -2.20. The van der Waals surface area contributed by atoms with Crippen molar-refractivity contribution in [2.24, 2.45) is 5.41 Å². The highest BCUT2D eigenvalue weighted by Crippen LogP contribution is 2.25. The summed E-state index contributed by atoms with van der Waals surface area (Å²) in [6, 6.07) is 0. The molecule has 0 amide bonds. The second-order valence-corrected chi connectivity index (χ2v) is 5.16. The number of H-pyrrole nitrogens is 1. The molecule has 0 aromatic carbocycles. The second kappa shape index (κ2) is 5.39. The fourth-order valence-corrected chi connectivity index (χ4v) is 1.83. The Labute approximate surface area is 96.1 Å². The van der Waals surface area contributed by atoms with E-state index in [0.29, 0.717) is 4.77 Å². The standard InChI is InChI=1S/C10H20N4S/c1-4-5-6-7-10(2,3)8-14-9(15)11-12-13-14/h4-8H2,1-3H3,(H,11,13,15). The van der Waals surface area contributed by atoms with Crippen LogP contribution in [0, 0.1) is 10.2 Å². The zero-order chi connectivity index (χ0) is 11.3. The maximum absolute atomic E-state index is 5.05. The Balaban J connectivity index is 2.49. The zero-order valence-electron chi connectivity index (χ0n) is 9.79. The first-order chi connectivity index (χ1) is 7.05. The number of unbranched alkanes of at least 4 members (excludes halogenated alkanes) is 2. The van der Waals surface area contributed by atoms with E-state index < -0.39 is 0 Å². The van der Waals surface area contributed by atoms with Gasteiger partial charge in [0.1, 0.15) is 0 Å². The Morgan fingerprint density at radius 2 is 2.13 bits per heavy atom. The summed E-state index contributed by atoms with van der Waals surface area (Å²) in [5, 5.41) is 10.3. The van der Waals surface area contributed by atoms with Crippen molar-refractivity contribution in [3.63, 3.8) is 0 Å². The van der Waals surface area contributed by atoms with Gasteiger partial charge in [-0.15, -0.1) is 0 Å². The highest BCUT2D eigenvalue weighted by molar-refractivity contribution is 7.71. The molecule has 0 bridgehead atoms. The topological polar surface area (TPSA) is 46.5 Å². The quantitative estimate of drug-likeness (QED) is 0.601. The molecule has 0 saturated heterocycles. The van der Waals surface area contributed by atoms with Crippen molar-refractivity contribution in [1.29, 1.82) is 0 Å². The summed E-state index contributed by atoms with van der Waals surface area (Å²) in [6.45, 7) is 7.60. The Morgan fingerprint density at radius 3 is 2.67 bits per heavy atom. The molecule has 1 aromatic rings. The van der Waals surface area contributed by atoms with Crippen LogP contribution in [0.15, 0.2) is 0 Å². The largest absolute Gasteiger partial charge is 0.242 e. The van der Waals surface area contributed by atoms with Gasteiger partial charge in [-0.25, -0.2) is 4.68 Å². The molecule has 15 heavy (non-hydrogen) atoms. The molecule has 1 heterocycles. The number of hydrogen-bond donors (Lipinski definition) is 1. The third kappa shape index (κ3) is 4.11. The first-order valence-corrected chi connectivity index (χ1v) is 5.94. The van der Waals surface area contributed by atoms with Gasteiger partial charge < -0.3 is 0 Å². The van der Waals surface area contributed by atoms with E-state index in [2.05, 4.69) is 36.3 Å². The minimum Gasteiger partial charge on any atom is -0.242 e. The summed E-state index contributed by atoms with van der Waals surface area (Å²) >= 11 is 5.05. The van der Waals surface area contributed by atoms with Gasteiger partial charge in [0.2, 0.25) is 4.77 Å². The lowest BCUT2D eigenvalue weighted by Gasteiger charge is -2.24. The van der Waals surface area contributed by atoms with E-state index in [1.165, 1.54) is 25.7 Å². The van der Waals surface area contributed by atoms with Gasteiger partial charge in [0.25, 0.3) is 0 Å². The Morgan fingerprint density at radius 1 is 1.40 bits per heavy atom. The van der Waals surface area contributed by atoms with Crippen molar-refractivity contribution in [2.75, 3.05) is 0 Å². The van der Waals surface area contributed by atoms with Crippen LogP contribution in [0.4, 0.5) is 0 Å². The van der Waals surface area contributed by atoms with Gasteiger partial charge >= 0.3 is 0 Å². The minimum atomic E-state index is 0.252. The maximum Gasteiger partial charge on any atom is 0.238 e. The van der Waals surface area contributed by atoms with Crippen LogP contribution >= 0.6 is 12.2 Å². The Bertz CT molecular complexity index is 339. The van der Waals surface area contributed by atoms with Gasteiger partial charge in [0.15, 0.2) is 0 Å². The molecule has 1 aromatic heterocycles. The molecule has 5 heteroatoms. The summed E-state index contributed by atoms with van der Waals surface area (Å²) in [4.78, 5) is 0. The molecule has 0 aliphatic rings. The van der Waals surface area contributed by atoms with Crippen LogP contribution in [0.5, 0.6) is 0 Å². The summed E-state index contributed by atoms with van der Waals surface area (Å²) in [5.74, 6) is 0. The van der Waals surface area contributed by atoms with E-state index in [-0.39, 0.29) is 5.41 Å². The molecule has 0 fully saturated rings. The predicted molar refractivity (Wildman–Crippen MR) is 63.1 cm³/mol. The second-order valence-electron chi connectivity index (χ2n) is 4.79. The molecule has 0 unspecified atom stereocenters. The number of hydrogen-bond acceptors (Lipinski definition) is 3. The van der Waals surface area contributed by atoms with E-state index in [1.54, 1.807) is 0 Å². The van der Waals surface area contributed by atoms with Crippen LogP contribution in [-0.2, 0) is 6.54 Å². The van der Waals surface area contributed by atoms with Gasteiger partial charge in [-0.05, 0) is 24.1 Å². The van der Waals surface area contributed by atoms with Crippen molar-refractivity contribution < 1.29 is 0 Å². The Kier molecular flexibility index (Phi) is 4.45. The lowest BCUT2D eigenvalue weighted by molar-refractivity contribution is 0.255. The lowest BCUT2D eigenvalue weighted by atomic mass is 9.87. The monoisotopic (exact) mass is 228 g/mol. The van der Waals surface area contributed by atoms with Gasteiger partial charge in [0.05, 0.1) is 0 Å². The van der Waals surface area contributed by atoms with E-state index in [0.717, 1.165) is 6.54 Å². The molecule has 0 radical (unpaired) electrons. The van der Waals surface area contributed by atoms with E-state index in [9.17, 15) is 0 Å². The van der Waals surface area contributed by atoms with Crippen molar-refractivity contribution in [3.05, 3.63) is 4.77 Å². The molecule has 0 aliphatic carbocycles. The fourth-order valence-electron chi connectivity index (χ4n) is 1.68. The predicted octanol–water partition coefficient (Wildman–Crippen LogP) is 2.94.